The van der Waals surface area contributed by atoms with Gasteiger partial charge in [-0.05, 0) is 36.8 Å². The number of thioether (sulfide) groups is 2. The number of carbonyl (C=O) groups is 6. The van der Waals surface area contributed by atoms with Crippen LogP contribution in [0.1, 0.15) is 38.1 Å². The highest BCUT2D eigenvalue weighted by atomic mass is 32.2. The molecule has 0 spiro atoms. The quantitative estimate of drug-likeness (QED) is 0.271. The number of halogens is 2. The van der Waals surface area contributed by atoms with Crippen LogP contribution in [0.25, 0.3) is 11.1 Å². The van der Waals surface area contributed by atoms with Crippen molar-refractivity contribution in [3.05, 3.63) is 53.6 Å². The van der Waals surface area contributed by atoms with E-state index in [-0.39, 0.29) is 40.6 Å². The highest BCUT2D eigenvalue weighted by molar-refractivity contribution is 8.15. The molecular weight excluding hydrogens is 582 g/mol. The third kappa shape index (κ3) is 10.6. The Labute approximate surface area is 243 Å². The molecule has 2 atom stereocenters. The first-order chi connectivity index (χ1) is 19.3. The molecule has 0 fully saturated rings. The van der Waals surface area contributed by atoms with Crippen LogP contribution in [-0.2, 0) is 28.7 Å². The second kappa shape index (κ2) is 15.9. The maximum Gasteiger partial charge on any atom is 0.329 e. The fourth-order valence-electron chi connectivity index (χ4n) is 3.40. The van der Waals surface area contributed by atoms with Crippen molar-refractivity contribution >= 4 is 57.5 Å². The zero-order valence-electron chi connectivity index (χ0n) is 22.6. The molecule has 0 saturated carbocycles. The second-order valence-corrected chi connectivity index (χ2v) is 10.4. The highest BCUT2D eigenvalue weighted by Crippen LogP contribution is 2.32. The minimum absolute atomic E-state index is 0.00199. The Bertz CT molecular complexity index is 1340. The van der Waals surface area contributed by atoms with Crippen molar-refractivity contribution in [2.24, 2.45) is 0 Å². The van der Waals surface area contributed by atoms with E-state index in [1.54, 1.807) is 6.92 Å². The van der Waals surface area contributed by atoms with E-state index in [0.717, 1.165) is 13.0 Å². The minimum atomic E-state index is -1.18. The topological polar surface area (TPSA) is 145 Å². The summed E-state index contributed by atoms with van der Waals surface area (Å²) in [7, 11) is 0. The Balaban J connectivity index is 2.25. The number of ether oxygens (including phenoxy) is 2. The van der Waals surface area contributed by atoms with Gasteiger partial charge in [-0.1, -0.05) is 29.6 Å². The van der Waals surface area contributed by atoms with Crippen molar-refractivity contribution in [1.82, 2.24) is 10.6 Å². The van der Waals surface area contributed by atoms with Crippen LogP contribution < -0.4 is 15.4 Å². The van der Waals surface area contributed by atoms with Gasteiger partial charge in [0.15, 0.2) is 0 Å². The largest absolute Gasteiger partial charge is 0.464 e. The van der Waals surface area contributed by atoms with Crippen molar-refractivity contribution in [3.63, 3.8) is 0 Å². The maximum absolute atomic E-state index is 14.4. The van der Waals surface area contributed by atoms with Crippen molar-refractivity contribution in [2.75, 3.05) is 18.1 Å². The summed E-state index contributed by atoms with van der Waals surface area (Å²) in [5.74, 6) is -4.74. The second-order valence-electron chi connectivity index (χ2n) is 8.42. The molecule has 0 radical (unpaired) electrons. The summed E-state index contributed by atoms with van der Waals surface area (Å²) in [6.07, 6.45) is 0. The molecule has 2 aromatic rings. The van der Waals surface area contributed by atoms with Crippen LogP contribution in [0, 0.1) is 11.6 Å². The summed E-state index contributed by atoms with van der Waals surface area (Å²) < 4.78 is 37.8. The molecule has 0 bridgehead atoms. The van der Waals surface area contributed by atoms with Crippen molar-refractivity contribution in [2.45, 2.75) is 39.8 Å². The highest BCUT2D eigenvalue weighted by Gasteiger charge is 2.27. The van der Waals surface area contributed by atoms with Gasteiger partial charge in [-0.2, -0.15) is 0 Å². The molecule has 10 nitrogen and oxygen atoms in total. The lowest BCUT2D eigenvalue weighted by Crippen LogP contribution is -2.44. The predicted octanol–water partition coefficient (Wildman–Crippen LogP) is 3.26. The van der Waals surface area contributed by atoms with Gasteiger partial charge in [0.25, 0.3) is 0 Å². The molecule has 0 aliphatic rings. The van der Waals surface area contributed by atoms with Gasteiger partial charge in [0.1, 0.15) is 29.5 Å². The van der Waals surface area contributed by atoms with Gasteiger partial charge >= 0.3 is 11.9 Å². The van der Waals surface area contributed by atoms with Crippen LogP contribution in [-0.4, -0.2) is 64.2 Å². The molecule has 220 valence electrons. The van der Waals surface area contributed by atoms with E-state index in [1.807, 2.05) is 0 Å². The molecule has 14 heteroatoms. The normalized spacial score (nSPS) is 12.0. The standard InChI is InChI=1S/C27H28F2N2O8S2/c1-5-38-25(35)22(30-14(2)32)12-41-27(37)23(31-15(3)33)13-40-26(36)20-10-17(6-9-24(20)39-16(4)34)19-8-7-18(28)11-21(19)29/h6-11,22-23H,5,12-13H2,1-4H3,(H,30,32)(H,31,33)/t22-,23-/m0/s1. The van der Waals surface area contributed by atoms with Gasteiger partial charge in [-0.15, -0.1) is 0 Å². The van der Waals surface area contributed by atoms with Gasteiger partial charge in [0, 0.05) is 43.9 Å². The van der Waals surface area contributed by atoms with Gasteiger partial charge in [0.05, 0.1) is 12.2 Å². The van der Waals surface area contributed by atoms with E-state index in [9.17, 15) is 37.5 Å². The summed E-state index contributed by atoms with van der Waals surface area (Å²) >= 11 is 1.28. The van der Waals surface area contributed by atoms with Crippen molar-refractivity contribution in [3.8, 4) is 16.9 Å². The molecule has 0 heterocycles. The fraction of sp³-hybridized carbons (Fsp3) is 0.333. The minimum Gasteiger partial charge on any atom is -0.464 e. The number of carbonyl (C=O) groups excluding carboxylic acids is 6. The van der Waals surface area contributed by atoms with Crippen LogP contribution in [0.15, 0.2) is 36.4 Å². The average molecular weight is 611 g/mol. The molecule has 41 heavy (non-hydrogen) atoms. The smallest absolute Gasteiger partial charge is 0.329 e. The Morgan fingerprint density at radius 1 is 0.854 bits per heavy atom. The molecule has 0 unspecified atom stereocenters. The van der Waals surface area contributed by atoms with Crippen LogP contribution in [0.5, 0.6) is 5.75 Å². The summed E-state index contributed by atoms with van der Waals surface area (Å²) in [6.45, 7) is 5.15. The summed E-state index contributed by atoms with van der Waals surface area (Å²) in [5, 5.41) is 3.58. The third-order valence-electron chi connectivity index (χ3n) is 5.08. The SMILES string of the molecule is CCOC(=O)[C@H](CSC(=O)[C@H](CSC(=O)c1cc(-c2ccc(F)cc2F)ccc1OC(C)=O)NC(C)=O)NC(C)=O. The molecule has 2 N–H and O–H groups in total. The summed E-state index contributed by atoms with van der Waals surface area (Å²) in [5.41, 5.74) is 0.0781. The maximum atomic E-state index is 14.4. The molecule has 0 aromatic heterocycles. The number of nitrogens with one attached hydrogen (secondary N) is 2. The first kappa shape index (κ1) is 33.4. The van der Waals surface area contributed by atoms with Crippen LogP contribution in [0.2, 0.25) is 0 Å². The zero-order valence-corrected chi connectivity index (χ0v) is 24.2. The lowest BCUT2D eigenvalue weighted by molar-refractivity contribution is -0.146. The first-order valence-corrected chi connectivity index (χ1v) is 14.1. The predicted molar refractivity (Wildman–Crippen MR) is 149 cm³/mol. The number of hydrogen-bond donors (Lipinski definition) is 2. The van der Waals surface area contributed by atoms with Crippen LogP contribution in [0.3, 0.4) is 0 Å². The van der Waals surface area contributed by atoms with E-state index >= 15 is 0 Å². The fourth-order valence-corrected chi connectivity index (χ4v) is 5.27. The van der Waals surface area contributed by atoms with E-state index in [2.05, 4.69) is 10.6 Å². The monoisotopic (exact) mass is 610 g/mol. The zero-order chi connectivity index (χ0) is 30.7. The number of rotatable bonds is 12. The number of hydrogen-bond acceptors (Lipinski definition) is 10. The van der Waals surface area contributed by atoms with Crippen molar-refractivity contribution in [1.29, 1.82) is 0 Å². The molecule has 2 amide bonds. The van der Waals surface area contributed by atoms with Gasteiger partial charge in [-0.3, -0.25) is 24.0 Å². The Kier molecular flexibility index (Phi) is 12.9. The summed E-state index contributed by atoms with van der Waals surface area (Å²) in [4.78, 5) is 73.1. The van der Waals surface area contributed by atoms with Gasteiger partial charge in [0.2, 0.25) is 22.0 Å². The van der Waals surface area contributed by atoms with E-state index in [4.69, 9.17) is 9.47 Å². The average Bonchev–Trinajstić information content (AvgIpc) is 2.88. The molecule has 2 rings (SSSR count). The Morgan fingerprint density at radius 3 is 2.07 bits per heavy atom. The molecule has 0 aliphatic carbocycles. The lowest BCUT2D eigenvalue weighted by atomic mass is 10.0. The van der Waals surface area contributed by atoms with Crippen LogP contribution >= 0.6 is 23.5 Å². The molecular formula is C27H28F2N2O8S2. The Hall–Kier alpha value is -3.78. The third-order valence-corrected chi connectivity index (χ3v) is 7.13. The molecule has 0 saturated heterocycles. The number of amides is 2. The van der Waals surface area contributed by atoms with E-state index < -0.39 is 57.7 Å². The van der Waals surface area contributed by atoms with Crippen LogP contribution in [0.4, 0.5) is 8.78 Å². The molecule has 2 aromatic carbocycles. The first-order valence-electron chi connectivity index (χ1n) is 12.1. The Morgan fingerprint density at radius 2 is 1.49 bits per heavy atom. The molecule has 0 aliphatic heterocycles. The van der Waals surface area contributed by atoms with Gasteiger partial charge in [-0.25, -0.2) is 13.6 Å². The number of benzene rings is 2. The summed E-state index contributed by atoms with van der Waals surface area (Å²) in [6, 6.07) is 4.59. The van der Waals surface area contributed by atoms with Crippen molar-refractivity contribution < 1.29 is 47.0 Å². The van der Waals surface area contributed by atoms with Gasteiger partial charge < -0.3 is 20.1 Å². The lowest BCUT2D eigenvalue weighted by Gasteiger charge is -2.19. The number of esters is 2. The van der Waals surface area contributed by atoms with E-state index in [1.165, 1.54) is 38.1 Å². The van der Waals surface area contributed by atoms with E-state index in [0.29, 0.717) is 29.6 Å².